The van der Waals surface area contributed by atoms with Crippen molar-refractivity contribution in [2.45, 2.75) is 46.1 Å². The van der Waals surface area contributed by atoms with Gasteiger partial charge in [0.2, 0.25) is 5.88 Å². The lowest BCUT2D eigenvalue weighted by molar-refractivity contribution is 0.0955. The van der Waals surface area contributed by atoms with E-state index in [2.05, 4.69) is 15.4 Å². The average molecular weight is 521 g/mol. The lowest BCUT2D eigenvalue weighted by Crippen LogP contribution is -2.27. The Morgan fingerprint density at radius 2 is 1.82 bits per heavy atom. The molecule has 2 aromatic carbocycles. The van der Waals surface area contributed by atoms with Gasteiger partial charge in [0.15, 0.2) is 17.1 Å². The van der Waals surface area contributed by atoms with Crippen LogP contribution in [-0.4, -0.2) is 46.9 Å². The van der Waals surface area contributed by atoms with E-state index < -0.39 is 5.60 Å². The van der Waals surface area contributed by atoms with Gasteiger partial charge in [0, 0.05) is 24.2 Å². The normalized spacial score (nSPS) is 11.4. The summed E-state index contributed by atoms with van der Waals surface area (Å²) in [7, 11) is 3.17. The number of rotatable bonds is 9. The molecule has 1 N–H and O–H groups in total. The number of carbonyl (C=O) groups is 1. The Morgan fingerprint density at radius 3 is 2.50 bits per heavy atom. The zero-order valence-corrected chi connectivity index (χ0v) is 22.6. The second-order valence-electron chi connectivity index (χ2n) is 9.95. The summed E-state index contributed by atoms with van der Waals surface area (Å²) in [6.07, 6.45) is 2.36. The number of amides is 1. The predicted octanol–water partition coefficient (Wildman–Crippen LogP) is 4.93. The Balaban J connectivity index is 1.61. The monoisotopic (exact) mass is 520 g/mol. The standard InChI is InChI=1S/C29H33FN4O4/c1-18-21(16-20-9-7-8-10-23(20)30)28(38-29(2,3)4)34-26(33-18)22(17-32-34)27(35)31-14-13-19-11-12-24(36-5)25(15-19)37-6/h7-12,15,17H,13-14,16H2,1-6H3,(H,31,35). The van der Waals surface area contributed by atoms with Crippen LogP contribution in [0.3, 0.4) is 0 Å². The van der Waals surface area contributed by atoms with E-state index in [1.807, 2.05) is 45.9 Å². The van der Waals surface area contributed by atoms with Crippen LogP contribution < -0.4 is 19.5 Å². The summed E-state index contributed by atoms with van der Waals surface area (Å²) >= 11 is 0. The molecular weight excluding hydrogens is 487 g/mol. The van der Waals surface area contributed by atoms with Crippen molar-refractivity contribution in [3.8, 4) is 17.4 Å². The molecule has 4 rings (SSSR count). The summed E-state index contributed by atoms with van der Waals surface area (Å²) < 4.78 is 32.9. The number of fused-ring (bicyclic) bond motifs is 1. The zero-order valence-electron chi connectivity index (χ0n) is 22.6. The first kappa shape index (κ1) is 26.9. The molecule has 0 fully saturated rings. The summed E-state index contributed by atoms with van der Waals surface area (Å²) in [5, 5.41) is 7.39. The summed E-state index contributed by atoms with van der Waals surface area (Å²) in [6, 6.07) is 12.3. The van der Waals surface area contributed by atoms with Crippen LogP contribution in [0.4, 0.5) is 4.39 Å². The highest BCUT2D eigenvalue weighted by molar-refractivity contribution is 5.99. The van der Waals surface area contributed by atoms with Crippen molar-refractivity contribution >= 4 is 11.6 Å². The molecule has 0 bridgehead atoms. The molecule has 0 radical (unpaired) electrons. The maximum absolute atomic E-state index is 14.5. The molecule has 9 heteroatoms. The molecule has 0 unspecified atom stereocenters. The maximum Gasteiger partial charge on any atom is 0.256 e. The molecule has 0 aliphatic rings. The quantitative estimate of drug-likeness (QED) is 0.337. The van der Waals surface area contributed by atoms with Crippen LogP contribution >= 0.6 is 0 Å². The van der Waals surface area contributed by atoms with Gasteiger partial charge in [-0.25, -0.2) is 9.37 Å². The minimum Gasteiger partial charge on any atom is -0.493 e. The van der Waals surface area contributed by atoms with Gasteiger partial charge < -0.3 is 19.5 Å². The lowest BCUT2D eigenvalue weighted by atomic mass is 10.0. The van der Waals surface area contributed by atoms with Crippen LogP contribution in [0.2, 0.25) is 0 Å². The third kappa shape index (κ3) is 5.88. The Kier molecular flexibility index (Phi) is 7.85. The van der Waals surface area contributed by atoms with E-state index in [0.29, 0.717) is 58.4 Å². The number of halogens is 1. The van der Waals surface area contributed by atoms with Gasteiger partial charge in [-0.05, 0) is 63.4 Å². The third-order valence-corrected chi connectivity index (χ3v) is 6.02. The van der Waals surface area contributed by atoms with Crippen molar-refractivity contribution in [3.05, 3.63) is 82.4 Å². The van der Waals surface area contributed by atoms with Crippen molar-refractivity contribution < 1.29 is 23.4 Å². The highest BCUT2D eigenvalue weighted by Crippen LogP contribution is 2.30. The van der Waals surface area contributed by atoms with E-state index in [-0.39, 0.29) is 18.1 Å². The van der Waals surface area contributed by atoms with Gasteiger partial charge in [-0.2, -0.15) is 9.61 Å². The second kappa shape index (κ2) is 11.1. The molecule has 0 aliphatic heterocycles. The SMILES string of the molecule is COc1ccc(CCNC(=O)c2cnn3c(OC(C)(C)C)c(Cc4ccccc4F)c(C)nc23)cc1OC. The summed E-state index contributed by atoms with van der Waals surface area (Å²) in [5.74, 6) is 1.12. The molecule has 2 heterocycles. The van der Waals surface area contributed by atoms with Gasteiger partial charge in [0.25, 0.3) is 5.91 Å². The van der Waals surface area contributed by atoms with Gasteiger partial charge in [-0.3, -0.25) is 4.79 Å². The molecule has 38 heavy (non-hydrogen) atoms. The fourth-order valence-corrected chi connectivity index (χ4v) is 4.15. The maximum atomic E-state index is 14.5. The van der Waals surface area contributed by atoms with Gasteiger partial charge in [-0.15, -0.1) is 0 Å². The fraction of sp³-hybridized carbons (Fsp3) is 0.345. The van der Waals surface area contributed by atoms with E-state index in [1.54, 1.807) is 32.4 Å². The number of carbonyl (C=O) groups excluding carboxylic acids is 1. The van der Waals surface area contributed by atoms with Crippen LogP contribution in [0.25, 0.3) is 5.65 Å². The molecule has 0 saturated carbocycles. The van der Waals surface area contributed by atoms with Gasteiger partial charge in [-0.1, -0.05) is 24.3 Å². The smallest absolute Gasteiger partial charge is 0.256 e. The highest BCUT2D eigenvalue weighted by atomic mass is 19.1. The zero-order chi connectivity index (χ0) is 27.4. The topological polar surface area (TPSA) is 87.0 Å². The van der Waals surface area contributed by atoms with E-state index in [9.17, 15) is 9.18 Å². The molecular formula is C29H33FN4O4. The average Bonchev–Trinajstić information content (AvgIpc) is 3.30. The first-order chi connectivity index (χ1) is 18.1. The van der Waals surface area contributed by atoms with Crippen molar-refractivity contribution in [1.29, 1.82) is 0 Å². The van der Waals surface area contributed by atoms with E-state index >= 15 is 0 Å². The molecule has 8 nitrogen and oxygen atoms in total. The molecule has 4 aromatic rings. The first-order valence-electron chi connectivity index (χ1n) is 12.4. The van der Waals surface area contributed by atoms with Crippen LogP contribution in [0.5, 0.6) is 17.4 Å². The van der Waals surface area contributed by atoms with Crippen molar-refractivity contribution in [1.82, 2.24) is 19.9 Å². The van der Waals surface area contributed by atoms with Gasteiger partial charge >= 0.3 is 0 Å². The van der Waals surface area contributed by atoms with E-state index in [0.717, 1.165) is 5.56 Å². The number of methoxy groups -OCH3 is 2. The second-order valence-corrected chi connectivity index (χ2v) is 9.95. The van der Waals surface area contributed by atoms with Crippen LogP contribution in [0.1, 0.15) is 53.5 Å². The number of nitrogens with one attached hydrogen (secondary N) is 1. The molecule has 0 aliphatic carbocycles. The molecule has 0 spiro atoms. The van der Waals surface area contributed by atoms with Crippen molar-refractivity contribution in [2.24, 2.45) is 0 Å². The number of aryl methyl sites for hydroxylation is 1. The number of ether oxygens (including phenoxy) is 3. The Hall–Kier alpha value is -4.14. The minimum atomic E-state index is -0.557. The van der Waals surface area contributed by atoms with E-state index in [4.69, 9.17) is 14.2 Å². The Bertz CT molecular complexity index is 1460. The number of aromatic nitrogens is 3. The summed E-state index contributed by atoms with van der Waals surface area (Å²) in [4.78, 5) is 17.8. The summed E-state index contributed by atoms with van der Waals surface area (Å²) in [6.45, 7) is 8.01. The van der Waals surface area contributed by atoms with Crippen LogP contribution in [-0.2, 0) is 12.8 Å². The largest absolute Gasteiger partial charge is 0.493 e. The van der Waals surface area contributed by atoms with E-state index in [1.165, 1.54) is 16.8 Å². The van der Waals surface area contributed by atoms with Crippen LogP contribution in [0.15, 0.2) is 48.7 Å². The predicted molar refractivity (Wildman–Crippen MR) is 143 cm³/mol. The first-order valence-corrected chi connectivity index (χ1v) is 12.4. The number of nitrogens with zero attached hydrogens (tertiary/aromatic N) is 3. The number of benzene rings is 2. The Morgan fingerprint density at radius 1 is 1.08 bits per heavy atom. The molecule has 1 amide bonds. The van der Waals surface area contributed by atoms with Gasteiger partial charge in [0.05, 0.1) is 20.4 Å². The third-order valence-electron chi connectivity index (χ3n) is 6.02. The number of hydrogen-bond donors (Lipinski definition) is 1. The van der Waals surface area contributed by atoms with Crippen LogP contribution in [0, 0.1) is 12.7 Å². The highest BCUT2D eigenvalue weighted by Gasteiger charge is 2.25. The Labute approximate surface area is 221 Å². The minimum absolute atomic E-state index is 0.277. The molecule has 200 valence electrons. The van der Waals surface area contributed by atoms with Crippen molar-refractivity contribution in [2.75, 3.05) is 20.8 Å². The lowest BCUT2D eigenvalue weighted by Gasteiger charge is -2.24. The fourth-order valence-electron chi connectivity index (χ4n) is 4.15. The molecule has 2 aromatic heterocycles. The number of hydrogen-bond acceptors (Lipinski definition) is 6. The summed E-state index contributed by atoms with van der Waals surface area (Å²) in [5.41, 5.74) is 3.02. The van der Waals surface area contributed by atoms with Gasteiger partial charge in [0.1, 0.15) is 17.0 Å². The van der Waals surface area contributed by atoms with Crippen molar-refractivity contribution in [3.63, 3.8) is 0 Å². The molecule has 0 saturated heterocycles. The molecule has 0 atom stereocenters.